The first-order chi connectivity index (χ1) is 9.76. The van der Waals surface area contributed by atoms with Crippen molar-refractivity contribution in [3.63, 3.8) is 0 Å². The maximum absolute atomic E-state index is 5.96. The maximum Gasteiger partial charge on any atom is 0.193 e. The normalized spacial score (nSPS) is 14.3. The molecule has 1 rings (SSSR count). The highest BCUT2D eigenvalue weighted by atomic mass is 15.2. The van der Waals surface area contributed by atoms with E-state index < -0.39 is 0 Å². The third-order valence-corrected chi connectivity index (χ3v) is 4.21. The summed E-state index contributed by atoms with van der Waals surface area (Å²) in [4.78, 5) is 6.57. The van der Waals surface area contributed by atoms with E-state index in [1.54, 1.807) is 0 Å². The molecule has 1 atom stereocenters. The van der Waals surface area contributed by atoms with Crippen LogP contribution in [-0.2, 0) is 0 Å². The minimum atomic E-state index is -0.00723. The second kappa shape index (κ2) is 7.46. The van der Waals surface area contributed by atoms with Crippen LogP contribution in [0, 0.1) is 0 Å². The zero-order valence-corrected chi connectivity index (χ0v) is 14.3. The van der Waals surface area contributed by atoms with Gasteiger partial charge in [0.05, 0.1) is 6.54 Å². The molecule has 0 aromatic heterocycles. The molecule has 3 N–H and O–H groups in total. The predicted molar refractivity (Wildman–Crippen MR) is 93.0 cm³/mol. The third-order valence-electron chi connectivity index (χ3n) is 4.21. The van der Waals surface area contributed by atoms with Crippen LogP contribution in [-0.4, -0.2) is 37.0 Å². The molecule has 4 nitrogen and oxygen atoms in total. The summed E-state index contributed by atoms with van der Waals surface area (Å²) in [7, 11) is 4.10. The van der Waals surface area contributed by atoms with Crippen LogP contribution in [0.2, 0.25) is 0 Å². The van der Waals surface area contributed by atoms with Gasteiger partial charge in [0.2, 0.25) is 0 Å². The van der Waals surface area contributed by atoms with Gasteiger partial charge in [-0.25, -0.2) is 0 Å². The molecule has 0 heterocycles. The Morgan fingerprint density at radius 3 is 2.33 bits per heavy atom. The number of rotatable bonds is 6. The predicted octanol–water partition coefficient (Wildman–Crippen LogP) is 3.27. The fraction of sp³-hybridized carbons (Fsp3) is 0.588. The molecular formula is C17H30N4. The molecule has 0 spiro atoms. The van der Waals surface area contributed by atoms with Crippen LogP contribution in [0.15, 0.2) is 29.3 Å². The third kappa shape index (κ3) is 5.38. The Kier molecular flexibility index (Phi) is 6.21. The van der Waals surface area contributed by atoms with E-state index in [1.165, 1.54) is 5.56 Å². The van der Waals surface area contributed by atoms with Crippen molar-refractivity contribution in [2.45, 2.75) is 45.6 Å². The number of guanidine groups is 1. The molecule has 1 aromatic carbocycles. The molecule has 0 saturated carbocycles. The number of nitrogens with two attached hydrogens (primary N) is 1. The molecule has 21 heavy (non-hydrogen) atoms. The number of nitrogens with one attached hydrogen (secondary N) is 1. The van der Waals surface area contributed by atoms with E-state index in [-0.39, 0.29) is 5.54 Å². The van der Waals surface area contributed by atoms with E-state index in [0.717, 1.165) is 12.1 Å². The van der Waals surface area contributed by atoms with Crippen LogP contribution in [0.25, 0.3) is 0 Å². The van der Waals surface area contributed by atoms with E-state index in [2.05, 4.69) is 67.2 Å². The highest BCUT2D eigenvalue weighted by molar-refractivity contribution is 5.92. The van der Waals surface area contributed by atoms with Crippen molar-refractivity contribution in [1.29, 1.82) is 0 Å². The molecule has 0 bridgehead atoms. The second-order valence-electron chi connectivity index (χ2n) is 6.46. The molecule has 4 heteroatoms. The molecule has 118 valence electrons. The minimum Gasteiger partial charge on any atom is -0.370 e. The van der Waals surface area contributed by atoms with Gasteiger partial charge in [0.1, 0.15) is 0 Å². The Balaban J connectivity index is 2.64. The van der Waals surface area contributed by atoms with Gasteiger partial charge in [0.25, 0.3) is 0 Å². The Morgan fingerprint density at radius 1 is 1.29 bits per heavy atom. The molecule has 0 fully saturated rings. The highest BCUT2D eigenvalue weighted by Crippen LogP contribution is 2.20. The number of anilines is 1. The van der Waals surface area contributed by atoms with Crippen LogP contribution in [0.5, 0.6) is 0 Å². The van der Waals surface area contributed by atoms with Gasteiger partial charge in [0, 0.05) is 11.2 Å². The first-order valence-electron chi connectivity index (χ1n) is 7.60. The Labute approximate surface area is 129 Å². The minimum absolute atomic E-state index is 0.00723. The molecule has 1 unspecified atom stereocenters. The molecule has 1 aromatic rings. The molecule has 0 amide bonds. The van der Waals surface area contributed by atoms with E-state index in [4.69, 9.17) is 5.73 Å². The summed E-state index contributed by atoms with van der Waals surface area (Å²) in [6.45, 7) is 9.38. The molecule has 0 aliphatic rings. The van der Waals surface area contributed by atoms with Gasteiger partial charge in [-0.1, -0.05) is 26.0 Å². The van der Waals surface area contributed by atoms with Gasteiger partial charge < -0.3 is 16.0 Å². The lowest BCUT2D eigenvalue weighted by Gasteiger charge is -2.30. The van der Waals surface area contributed by atoms with Crippen molar-refractivity contribution >= 4 is 11.6 Å². The fourth-order valence-electron chi connectivity index (χ4n) is 1.74. The average Bonchev–Trinajstić information content (AvgIpc) is 2.45. The van der Waals surface area contributed by atoms with Crippen LogP contribution in [0.4, 0.5) is 5.69 Å². The molecule has 0 aliphatic carbocycles. The van der Waals surface area contributed by atoms with Crippen LogP contribution in [0.3, 0.4) is 0 Å². The van der Waals surface area contributed by atoms with E-state index in [0.29, 0.717) is 18.4 Å². The summed E-state index contributed by atoms with van der Waals surface area (Å²) < 4.78 is 0. The molecular weight excluding hydrogens is 260 g/mol. The lowest BCUT2D eigenvalue weighted by atomic mass is 9.99. The number of benzene rings is 1. The average molecular weight is 290 g/mol. The standard InChI is InChI=1S/C17H30N4/c1-7-13(2)14-8-10-15(11-9-14)20-16(18)19-12-17(3,4)21(5)6/h8-11,13H,7,12H2,1-6H3,(H3,18,19,20). The summed E-state index contributed by atoms with van der Waals surface area (Å²) in [5.74, 6) is 1.05. The van der Waals surface area contributed by atoms with Crippen molar-refractivity contribution in [2.75, 3.05) is 26.0 Å². The van der Waals surface area contributed by atoms with Crippen LogP contribution < -0.4 is 11.1 Å². The number of hydrogen-bond donors (Lipinski definition) is 2. The van der Waals surface area contributed by atoms with Gasteiger partial charge in [-0.3, -0.25) is 4.99 Å². The fourth-order valence-corrected chi connectivity index (χ4v) is 1.74. The Hall–Kier alpha value is -1.55. The monoisotopic (exact) mass is 290 g/mol. The van der Waals surface area contributed by atoms with E-state index in [9.17, 15) is 0 Å². The second-order valence-corrected chi connectivity index (χ2v) is 6.46. The lowest BCUT2D eigenvalue weighted by Crippen LogP contribution is -2.41. The van der Waals surface area contributed by atoms with Crippen molar-refractivity contribution in [2.24, 2.45) is 10.7 Å². The lowest BCUT2D eigenvalue weighted by molar-refractivity contribution is 0.205. The zero-order valence-electron chi connectivity index (χ0n) is 14.3. The number of aliphatic imine (C=N–C) groups is 1. The van der Waals surface area contributed by atoms with Gasteiger partial charge in [-0.05, 0) is 58.0 Å². The van der Waals surface area contributed by atoms with E-state index >= 15 is 0 Å². The van der Waals surface area contributed by atoms with Gasteiger partial charge in [0.15, 0.2) is 5.96 Å². The number of hydrogen-bond acceptors (Lipinski definition) is 2. The SMILES string of the molecule is CCC(C)c1ccc(NC(N)=NCC(C)(C)N(C)C)cc1. The number of likely N-dealkylation sites (N-methyl/N-ethyl adjacent to an activating group) is 1. The number of nitrogens with zero attached hydrogens (tertiary/aromatic N) is 2. The summed E-state index contributed by atoms with van der Waals surface area (Å²) in [5, 5.41) is 3.15. The first kappa shape index (κ1) is 17.5. The summed E-state index contributed by atoms with van der Waals surface area (Å²) in [5.41, 5.74) is 8.28. The summed E-state index contributed by atoms with van der Waals surface area (Å²) in [6.07, 6.45) is 1.15. The smallest absolute Gasteiger partial charge is 0.193 e. The molecule has 0 radical (unpaired) electrons. The van der Waals surface area contributed by atoms with Gasteiger partial charge >= 0.3 is 0 Å². The first-order valence-corrected chi connectivity index (χ1v) is 7.60. The molecule has 0 aliphatic heterocycles. The van der Waals surface area contributed by atoms with Crippen LogP contribution in [0.1, 0.15) is 45.6 Å². The van der Waals surface area contributed by atoms with Crippen molar-refractivity contribution in [3.05, 3.63) is 29.8 Å². The topological polar surface area (TPSA) is 53.6 Å². The summed E-state index contributed by atoms with van der Waals surface area (Å²) >= 11 is 0. The van der Waals surface area contributed by atoms with Crippen LogP contribution >= 0.6 is 0 Å². The van der Waals surface area contributed by atoms with Gasteiger partial charge in [-0.2, -0.15) is 0 Å². The molecule has 0 saturated heterocycles. The quantitative estimate of drug-likeness (QED) is 0.624. The van der Waals surface area contributed by atoms with Crippen molar-refractivity contribution < 1.29 is 0 Å². The van der Waals surface area contributed by atoms with Crippen molar-refractivity contribution in [3.8, 4) is 0 Å². The van der Waals surface area contributed by atoms with E-state index in [1.807, 2.05) is 14.1 Å². The highest BCUT2D eigenvalue weighted by Gasteiger charge is 2.19. The maximum atomic E-state index is 5.96. The summed E-state index contributed by atoms with van der Waals surface area (Å²) in [6, 6.07) is 8.41. The van der Waals surface area contributed by atoms with Gasteiger partial charge in [-0.15, -0.1) is 0 Å². The zero-order chi connectivity index (χ0) is 16.0. The Bertz CT molecular complexity index is 460. The Morgan fingerprint density at radius 2 is 1.86 bits per heavy atom. The largest absolute Gasteiger partial charge is 0.370 e. The van der Waals surface area contributed by atoms with Crippen molar-refractivity contribution in [1.82, 2.24) is 4.90 Å².